The number of hydrogen-bond acceptors (Lipinski definition) is 4. The average molecular weight is 422 g/mol. The number of aromatic amines is 1. The van der Waals surface area contributed by atoms with E-state index in [-0.39, 0.29) is 10.8 Å². The molecule has 0 atom stereocenters. The van der Waals surface area contributed by atoms with Gasteiger partial charge < -0.3 is 15.0 Å². The van der Waals surface area contributed by atoms with Gasteiger partial charge in [0.1, 0.15) is 10.6 Å². The molecule has 5 aliphatic rings. The minimum absolute atomic E-state index is 0.144. The van der Waals surface area contributed by atoms with Crippen molar-refractivity contribution in [3.63, 3.8) is 0 Å². The van der Waals surface area contributed by atoms with Gasteiger partial charge in [-0.05, 0) is 74.2 Å². The Kier molecular flexibility index (Phi) is 4.99. The van der Waals surface area contributed by atoms with Gasteiger partial charge in [-0.15, -0.1) is 0 Å². The van der Waals surface area contributed by atoms with Crippen LogP contribution < -0.4 is 5.32 Å². The van der Waals surface area contributed by atoms with E-state index in [2.05, 4.69) is 10.3 Å². The Bertz CT molecular complexity index is 837. The minimum Gasteiger partial charge on any atom is -0.379 e. The van der Waals surface area contributed by atoms with Gasteiger partial charge in [0.15, 0.2) is 0 Å². The Morgan fingerprint density at radius 3 is 2.38 bits per heavy atom. The third-order valence-electron chi connectivity index (χ3n) is 7.61. The van der Waals surface area contributed by atoms with Crippen molar-refractivity contribution in [2.24, 2.45) is 23.2 Å². The second-order valence-electron chi connectivity index (χ2n) is 9.69. The van der Waals surface area contributed by atoms with Gasteiger partial charge in [0, 0.05) is 25.8 Å². The van der Waals surface area contributed by atoms with Crippen LogP contribution in [-0.4, -0.2) is 56.5 Å². The van der Waals surface area contributed by atoms with Crippen LogP contribution in [0.1, 0.15) is 55.4 Å². The van der Waals surface area contributed by atoms with Crippen LogP contribution in [0.2, 0.25) is 0 Å². The highest BCUT2D eigenvalue weighted by Gasteiger charge is 2.50. The summed E-state index contributed by atoms with van der Waals surface area (Å²) in [4.78, 5) is 15.6. The first kappa shape index (κ1) is 19.6. The molecule has 0 aromatic carbocycles. The number of ether oxygens (including phenoxy) is 1. The lowest BCUT2D eigenvalue weighted by Crippen LogP contribution is -2.47. The third kappa shape index (κ3) is 3.75. The van der Waals surface area contributed by atoms with E-state index in [4.69, 9.17) is 4.74 Å². The fourth-order valence-corrected chi connectivity index (χ4v) is 8.13. The maximum absolute atomic E-state index is 12.7. The van der Waals surface area contributed by atoms with E-state index in [1.165, 1.54) is 55.1 Å². The molecule has 7 nitrogen and oxygen atoms in total. The molecule has 1 aliphatic heterocycles. The zero-order valence-corrected chi connectivity index (χ0v) is 17.7. The molecule has 8 heteroatoms. The summed E-state index contributed by atoms with van der Waals surface area (Å²) in [5.74, 6) is 2.51. The molecule has 4 saturated carbocycles. The van der Waals surface area contributed by atoms with Gasteiger partial charge in [-0.25, -0.2) is 8.42 Å². The molecule has 0 spiro atoms. The quantitative estimate of drug-likeness (QED) is 0.738. The van der Waals surface area contributed by atoms with E-state index in [1.807, 2.05) is 0 Å². The molecule has 6 rings (SSSR count). The molecule has 0 unspecified atom stereocenters. The maximum atomic E-state index is 12.7. The fourth-order valence-electron chi connectivity index (χ4n) is 6.72. The van der Waals surface area contributed by atoms with Crippen molar-refractivity contribution in [1.82, 2.24) is 14.6 Å². The summed E-state index contributed by atoms with van der Waals surface area (Å²) in [6.07, 6.45) is 10.7. The number of amides is 1. The van der Waals surface area contributed by atoms with Crippen molar-refractivity contribution in [2.45, 2.75) is 49.8 Å². The van der Waals surface area contributed by atoms with Gasteiger partial charge in [0.25, 0.3) is 5.91 Å². The Balaban J connectivity index is 1.18. The van der Waals surface area contributed by atoms with E-state index >= 15 is 0 Å². The second-order valence-corrected chi connectivity index (χ2v) is 11.6. The molecule has 2 N–H and O–H groups in total. The molecule has 1 aromatic rings. The van der Waals surface area contributed by atoms with E-state index in [0.717, 1.165) is 24.2 Å². The van der Waals surface area contributed by atoms with Crippen LogP contribution in [0.5, 0.6) is 0 Å². The topological polar surface area (TPSA) is 91.5 Å². The lowest BCUT2D eigenvalue weighted by Gasteiger charge is -2.57. The van der Waals surface area contributed by atoms with Crippen LogP contribution in [0.25, 0.3) is 0 Å². The molecule has 2 heterocycles. The maximum Gasteiger partial charge on any atom is 0.267 e. The van der Waals surface area contributed by atoms with Gasteiger partial charge in [-0.3, -0.25) is 4.79 Å². The van der Waals surface area contributed by atoms with Gasteiger partial charge in [0.2, 0.25) is 10.0 Å². The molecular weight excluding hydrogens is 390 g/mol. The predicted octanol–water partition coefficient (Wildman–Crippen LogP) is 2.37. The highest BCUT2D eigenvalue weighted by atomic mass is 32.2. The Morgan fingerprint density at radius 1 is 1.14 bits per heavy atom. The predicted molar refractivity (Wildman–Crippen MR) is 108 cm³/mol. The number of carbonyl (C=O) groups is 1. The first-order chi connectivity index (χ1) is 13.9. The lowest BCUT2D eigenvalue weighted by molar-refractivity contribution is -0.0564. The van der Waals surface area contributed by atoms with Crippen LogP contribution in [0, 0.1) is 23.2 Å². The Hall–Kier alpha value is -1.38. The molecule has 1 amide bonds. The number of aromatic nitrogens is 1. The average Bonchev–Trinajstić information content (AvgIpc) is 3.19. The van der Waals surface area contributed by atoms with Crippen LogP contribution in [-0.2, 0) is 14.8 Å². The summed E-state index contributed by atoms with van der Waals surface area (Å²) in [6, 6.07) is 1.45. The van der Waals surface area contributed by atoms with Crippen molar-refractivity contribution in [3.05, 3.63) is 18.0 Å². The van der Waals surface area contributed by atoms with Crippen molar-refractivity contribution < 1.29 is 17.9 Å². The molecule has 0 radical (unpaired) electrons. The molecule has 29 heavy (non-hydrogen) atoms. The van der Waals surface area contributed by atoms with Crippen molar-refractivity contribution in [1.29, 1.82) is 0 Å². The van der Waals surface area contributed by atoms with Crippen LogP contribution in [0.3, 0.4) is 0 Å². The Morgan fingerprint density at radius 2 is 1.76 bits per heavy atom. The number of sulfonamides is 1. The summed E-state index contributed by atoms with van der Waals surface area (Å²) in [7, 11) is -3.58. The number of rotatable bonds is 6. The molecular formula is C21H31N3O4S. The monoisotopic (exact) mass is 421 g/mol. The zero-order chi connectivity index (χ0) is 20.1. The number of nitrogens with zero attached hydrogens (tertiary/aromatic N) is 1. The normalized spacial score (nSPS) is 34.4. The van der Waals surface area contributed by atoms with Crippen molar-refractivity contribution in [2.75, 3.05) is 32.8 Å². The largest absolute Gasteiger partial charge is 0.379 e. The van der Waals surface area contributed by atoms with E-state index in [0.29, 0.717) is 44.0 Å². The number of carbonyl (C=O) groups excluding carboxylic acids is 1. The van der Waals surface area contributed by atoms with Crippen LogP contribution in [0.4, 0.5) is 0 Å². The van der Waals surface area contributed by atoms with Crippen molar-refractivity contribution in [3.8, 4) is 0 Å². The first-order valence-electron chi connectivity index (χ1n) is 11.0. The minimum atomic E-state index is -3.58. The fraction of sp³-hybridized carbons (Fsp3) is 0.762. The second kappa shape index (κ2) is 7.39. The molecule has 4 aliphatic carbocycles. The number of nitrogens with one attached hydrogen (secondary N) is 2. The van der Waals surface area contributed by atoms with Gasteiger partial charge >= 0.3 is 0 Å². The van der Waals surface area contributed by atoms with Gasteiger partial charge in [-0.1, -0.05) is 0 Å². The van der Waals surface area contributed by atoms with Gasteiger partial charge in [0.05, 0.1) is 13.2 Å². The molecule has 1 saturated heterocycles. The molecule has 1 aromatic heterocycles. The molecule has 5 fully saturated rings. The lowest BCUT2D eigenvalue weighted by atomic mass is 9.49. The van der Waals surface area contributed by atoms with E-state index < -0.39 is 10.0 Å². The van der Waals surface area contributed by atoms with Gasteiger partial charge in [-0.2, -0.15) is 4.31 Å². The first-order valence-corrected chi connectivity index (χ1v) is 12.4. The number of hydrogen-bond donors (Lipinski definition) is 2. The van der Waals surface area contributed by atoms with Crippen molar-refractivity contribution >= 4 is 15.9 Å². The van der Waals surface area contributed by atoms with E-state index in [9.17, 15) is 13.2 Å². The molecule has 160 valence electrons. The molecule has 4 bridgehead atoms. The Labute approximate surface area is 172 Å². The summed E-state index contributed by atoms with van der Waals surface area (Å²) in [5, 5.41) is 3.02. The van der Waals surface area contributed by atoms with Crippen LogP contribution in [0.15, 0.2) is 17.2 Å². The number of morpholine rings is 1. The summed E-state index contributed by atoms with van der Waals surface area (Å²) in [6.45, 7) is 2.17. The number of H-pyrrole nitrogens is 1. The highest BCUT2D eigenvalue weighted by Crippen LogP contribution is 2.61. The summed E-state index contributed by atoms with van der Waals surface area (Å²) < 4.78 is 32.1. The zero-order valence-electron chi connectivity index (χ0n) is 16.9. The van der Waals surface area contributed by atoms with E-state index in [1.54, 1.807) is 0 Å². The smallest absolute Gasteiger partial charge is 0.267 e. The third-order valence-corrected chi connectivity index (χ3v) is 9.49. The summed E-state index contributed by atoms with van der Waals surface area (Å²) >= 11 is 0. The SMILES string of the molecule is O=C(NCCC12CC3CC(CC(C3)C1)C2)c1cc(S(=O)(=O)N2CCOCC2)c[nH]1. The standard InChI is InChI=1S/C21H31N3O4S/c25-20(19-10-18(14-23-19)29(26,27)24-3-5-28-6-4-24)22-2-1-21-11-15-7-16(12-21)9-17(8-15)13-21/h10,14-17,23H,1-9,11-13H2,(H,22,25). The summed E-state index contributed by atoms with van der Waals surface area (Å²) in [5.41, 5.74) is 0.741. The van der Waals surface area contributed by atoms with Crippen LogP contribution >= 0.6 is 0 Å². The highest BCUT2D eigenvalue weighted by molar-refractivity contribution is 7.89.